The number of pyridine rings is 1. The van der Waals surface area contributed by atoms with E-state index < -0.39 is 5.97 Å². The van der Waals surface area contributed by atoms with E-state index in [9.17, 15) is 4.79 Å². The van der Waals surface area contributed by atoms with Crippen molar-refractivity contribution < 1.29 is 14.3 Å². The summed E-state index contributed by atoms with van der Waals surface area (Å²) in [4.78, 5) is 17.9. The Kier molecular flexibility index (Phi) is 5.57. The molecule has 0 aliphatic rings. The van der Waals surface area contributed by atoms with E-state index in [1.165, 1.54) is 6.20 Å². The molecule has 1 aromatic rings. The van der Waals surface area contributed by atoms with E-state index in [0.29, 0.717) is 30.3 Å². The van der Waals surface area contributed by atoms with Gasteiger partial charge in [0.05, 0.1) is 36.7 Å². The van der Waals surface area contributed by atoms with Gasteiger partial charge in [-0.15, -0.1) is 0 Å². The summed E-state index contributed by atoms with van der Waals surface area (Å²) in [7, 11) is 3.53. The number of aromatic nitrogens is 1. The summed E-state index contributed by atoms with van der Waals surface area (Å²) in [6.07, 6.45) is 1.47. The number of hydrogen-bond acceptors (Lipinski definition) is 6. The lowest BCUT2D eigenvalue weighted by molar-refractivity contribution is 0.0527. The van der Waals surface area contributed by atoms with Crippen LogP contribution in [0.15, 0.2) is 12.3 Å². The van der Waals surface area contributed by atoms with Crippen LogP contribution in [0.5, 0.6) is 0 Å². The lowest BCUT2D eigenvalue weighted by Crippen LogP contribution is -2.33. The van der Waals surface area contributed by atoms with Crippen molar-refractivity contribution in [2.24, 2.45) is 0 Å². The first-order valence-electron chi connectivity index (χ1n) is 6.15. The standard InChI is InChI=1S/C13H21N3O3/c1-5-19-13(17)10-6-12(15-7-11(10)14)16(3)9(2)8-18-4/h6-7,9H,5,8,14H2,1-4H3. The van der Waals surface area contributed by atoms with Gasteiger partial charge in [-0.05, 0) is 19.9 Å². The van der Waals surface area contributed by atoms with Crippen molar-refractivity contribution in [3.63, 3.8) is 0 Å². The molecule has 0 fully saturated rings. The van der Waals surface area contributed by atoms with Gasteiger partial charge < -0.3 is 20.1 Å². The van der Waals surface area contributed by atoms with Crippen LogP contribution in [-0.2, 0) is 9.47 Å². The molecule has 0 aliphatic carbocycles. The molecular weight excluding hydrogens is 246 g/mol. The average Bonchev–Trinajstić information content (AvgIpc) is 2.39. The molecular formula is C13H21N3O3. The third-order valence-corrected chi connectivity index (χ3v) is 2.85. The van der Waals surface area contributed by atoms with Crippen molar-refractivity contribution >= 4 is 17.5 Å². The van der Waals surface area contributed by atoms with Gasteiger partial charge in [-0.3, -0.25) is 0 Å². The number of ether oxygens (including phenoxy) is 2. The van der Waals surface area contributed by atoms with Crippen LogP contribution < -0.4 is 10.6 Å². The lowest BCUT2D eigenvalue weighted by atomic mass is 10.2. The number of rotatable bonds is 6. The fraction of sp³-hybridized carbons (Fsp3) is 0.538. The Balaban J connectivity index is 2.98. The summed E-state index contributed by atoms with van der Waals surface area (Å²) in [5, 5.41) is 0. The Morgan fingerprint density at radius 2 is 2.26 bits per heavy atom. The first kappa shape index (κ1) is 15.2. The zero-order valence-corrected chi connectivity index (χ0v) is 11.8. The van der Waals surface area contributed by atoms with E-state index in [-0.39, 0.29) is 6.04 Å². The molecule has 1 unspecified atom stereocenters. The van der Waals surface area contributed by atoms with Gasteiger partial charge >= 0.3 is 5.97 Å². The number of anilines is 2. The molecule has 0 aromatic carbocycles. The number of nitrogens with two attached hydrogens (primary N) is 1. The smallest absolute Gasteiger partial charge is 0.340 e. The number of carbonyl (C=O) groups excluding carboxylic acids is 1. The van der Waals surface area contributed by atoms with Crippen LogP contribution in [0.4, 0.5) is 11.5 Å². The number of nitrogen functional groups attached to an aromatic ring is 1. The minimum absolute atomic E-state index is 0.135. The molecule has 6 heteroatoms. The van der Waals surface area contributed by atoms with E-state index >= 15 is 0 Å². The number of esters is 1. The summed E-state index contributed by atoms with van der Waals surface area (Å²) in [6, 6.07) is 1.77. The maximum atomic E-state index is 11.8. The summed E-state index contributed by atoms with van der Waals surface area (Å²) in [5.74, 6) is 0.221. The first-order chi connectivity index (χ1) is 9.01. The lowest BCUT2D eigenvalue weighted by Gasteiger charge is -2.25. The van der Waals surface area contributed by atoms with Crippen LogP contribution >= 0.6 is 0 Å². The van der Waals surface area contributed by atoms with Gasteiger partial charge in [0.1, 0.15) is 5.82 Å². The largest absolute Gasteiger partial charge is 0.462 e. The molecule has 19 heavy (non-hydrogen) atoms. The van der Waals surface area contributed by atoms with Gasteiger partial charge in [-0.25, -0.2) is 9.78 Å². The molecule has 0 spiro atoms. The maximum absolute atomic E-state index is 11.8. The minimum Gasteiger partial charge on any atom is -0.462 e. The third kappa shape index (κ3) is 3.82. The number of methoxy groups -OCH3 is 1. The highest BCUT2D eigenvalue weighted by Crippen LogP contribution is 2.19. The van der Waals surface area contributed by atoms with Crippen LogP contribution in [0.3, 0.4) is 0 Å². The molecule has 1 rings (SSSR count). The monoisotopic (exact) mass is 267 g/mol. The van der Waals surface area contributed by atoms with Crippen molar-refractivity contribution in [1.82, 2.24) is 4.98 Å². The molecule has 1 atom stereocenters. The quantitative estimate of drug-likeness (QED) is 0.783. The molecule has 0 radical (unpaired) electrons. The highest BCUT2D eigenvalue weighted by Gasteiger charge is 2.16. The van der Waals surface area contributed by atoms with Crippen molar-refractivity contribution in [2.45, 2.75) is 19.9 Å². The van der Waals surface area contributed by atoms with Gasteiger partial charge in [0.2, 0.25) is 0 Å². The highest BCUT2D eigenvalue weighted by atomic mass is 16.5. The molecule has 6 nitrogen and oxygen atoms in total. The normalized spacial score (nSPS) is 12.0. The Labute approximate surface area is 113 Å². The Bertz CT molecular complexity index is 437. The number of carbonyl (C=O) groups is 1. The van der Waals surface area contributed by atoms with Gasteiger partial charge in [-0.1, -0.05) is 0 Å². The Morgan fingerprint density at radius 3 is 2.84 bits per heavy atom. The number of likely N-dealkylation sites (N-methyl/N-ethyl adjacent to an activating group) is 1. The Hall–Kier alpha value is -1.82. The maximum Gasteiger partial charge on any atom is 0.340 e. The molecule has 1 aromatic heterocycles. The molecule has 0 saturated carbocycles. The predicted molar refractivity (Wildman–Crippen MR) is 74.3 cm³/mol. The minimum atomic E-state index is -0.434. The Morgan fingerprint density at radius 1 is 1.58 bits per heavy atom. The van der Waals surface area contributed by atoms with Crippen molar-refractivity contribution in [3.05, 3.63) is 17.8 Å². The zero-order chi connectivity index (χ0) is 14.4. The fourth-order valence-corrected chi connectivity index (χ4v) is 1.61. The van der Waals surface area contributed by atoms with E-state index in [0.717, 1.165) is 0 Å². The van der Waals surface area contributed by atoms with E-state index in [4.69, 9.17) is 15.2 Å². The van der Waals surface area contributed by atoms with Crippen LogP contribution in [-0.4, -0.2) is 44.4 Å². The first-order valence-corrected chi connectivity index (χ1v) is 6.15. The second kappa shape index (κ2) is 6.94. The fourth-order valence-electron chi connectivity index (χ4n) is 1.61. The van der Waals surface area contributed by atoms with Crippen LogP contribution in [0.25, 0.3) is 0 Å². The second-order valence-corrected chi connectivity index (χ2v) is 4.27. The van der Waals surface area contributed by atoms with Crippen LogP contribution in [0.1, 0.15) is 24.2 Å². The average molecular weight is 267 g/mol. The van der Waals surface area contributed by atoms with Gasteiger partial charge in [0.15, 0.2) is 0 Å². The van der Waals surface area contributed by atoms with Gasteiger partial charge in [0, 0.05) is 14.2 Å². The molecule has 0 saturated heterocycles. The molecule has 0 aliphatic heterocycles. The van der Waals surface area contributed by atoms with Crippen molar-refractivity contribution in [2.75, 3.05) is 38.0 Å². The topological polar surface area (TPSA) is 77.7 Å². The van der Waals surface area contributed by atoms with Crippen molar-refractivity contribution in [3.8, 4) is 0 Å². The predicted octanol–water partition coefficient (Wildman–Crippen LogP) is 1.31. The molecule has 1 heterocycles. The van der Waals surface area contributed by atoms with Gasteiger partial charge in [-0.2, -0.15) is 0 Å². The summed E-state index contributed by atoms with van der Waals surface area (Å²) < 4.78 is 10.1. The van der Waals surface area contributed by atoms with E-state index in [1.54, 1.807) is 20.1 Å². The van der Waals surface area contributed by atoms with Gasteiger partial charge in [0.25, 0.3) is 0 Å². The third-order valence-electron chi connectivity index (χ3n) is 2.85. The summed E-state index contributed by atoms with van der Waals surface area (Å²) in [6.45, 7) is 4.64. The summed E-state index contributed by atoms with van der Waals surface area (Å²) >= 11 is 0. The molecule has 106 valence electrons. The number of hydrogen-bond donors (Lipinski definition) is 1. The molecule has 2 N–H and O–H groups in total. The van der Waals surface area contributed by atoms with Crippen LogP contribution in [0, 0.1) is 0 Å². The highest BCUT2D eigenvalue weighted by molar-refractivity contribution is 5.95. The van der Waals surface area contributed by atoms with E-state index in [1.807, 2.05) is 18.9 Å². The summed E-state index contributed by atoms with van der Waals surface area (Å²) in [5.41, 5.74) is 6.40. The molecule has 0 bridgehead atoms. The van der Waals surface area contributed by atoms with Crippen molar-refractivity contribution in [1.29, 1.82) is 0 Å². The molecule has 0 amide bonds. The van der Waals surface area contributed by atoms with E-state index in [2.05, 4.69) is 4.98 Å². The SMILES string of the molecule is CCOC(=O)c1cc(N(C)C(C)COC)ncc1N. The van der Waals surface area contributed by atoms with Crippen LogP contribution in [0.2, 0.25) is 0 Å². The second-order valence-electron chi connectivity index (χ2n) is 4.27. The zero-order valence-electron chi connectivity index (χ0n) is 11.8. The number of nitrogens with zero attached hydrogens (tertiary/aromatic N) is 2.